The van der Waals surface area contributed by atoms with Gasteiger partial charge in [0.05, 0.1) is 0 Å². The van der Waals surface area contributed by atoms with Crippen LogP contribution in [0.2, 0.25) is 24.2 Å². The molecule has 2 spiro atoms. The molecule has 2 saturated heterocycles. The molecule has 0 aliphatic carbocycles. The van der Waals surface area contributed by atoms with Crippen molar-refractivity contribution in [3.8, 4) is 22.3 Å². The van der Waals surface area contributed by atoms with Gasteiger partial charge in [-0.05, 0) is 117 Å². The molecule has 0 saturated carbocycles. The van der Waals surface area contributed by atoms with Crippen molar-refractivity contribution in [3.63, 3.8) is 0 Å². The molecule has 6 heteroatoms. The number of hydrogen-bond donors (Lipinski definition) is 2. The zero-order valence-electron chi connectivity index (χ0n) is 30.4. The Morgan fingerprint density at radius 2 is 0.796 bits per heavy atom. The zero-order valence-corrected chi connectivity index (χ0v) is 32.4. The SMILES string of the molecule is c1ccc2c(c1)B1c3c(cccc3[Si]23CCNCC3)-c2cc3ccc4c5c(cc6ccc1c2c6c35)-c1cccc2c1B4c1ccccc1[Si]21CCNCC1. The van der Waals surface area contributed by atoms with Crippen molar-refractivity contribution in [2.45, 2.75) is 24.2 Å². The van der Waals surface area contributed by atoms with E-state index in [2.05, 4.69) is 132 Å². The molecular weight excluding hydrogens is 682 g/mol. The van der Waals surface area contributed by atoms with E-state index in [1.165, 1.54) is 89.7 Å². The second-order valence-corrected chi connectivity index (χ2v) is 25.8. The molecule has 6 aliphatic rings. The van der Waals surface area contributed by atoms with Crippen molar-refractivity contribution in [1.29, 1.82) is 0 Å². The first-order chi connectivity index (χ1) is 26.8. The highest BCUT2D eigenvalue weighted by molar-refractivity contribution is 7.17. The molecule has 2 nitrogen and oxygen atoms in total. The molecule has 8 aromatic carbocycles. The third-order valence-corrected chi connectivity index (χ3v) is 25.8. The van der Waals surface area contributed by atoms with Crippen molar-refractivity contribution in [2.24, 2.45) is 0 Å². The van der Waals surface area contributed by atoms with Crippen LogP contribution in [-0.2, 0) is 0 Å². The van der Waals surface area contributed by atoms with Crippen molar-refractivity contribution >= 4 is 115 Å². The van der Waals surface area contributed by atoms with E-state index in [-0.39, 0.29) is 13.4 Å². The molecule has 2 fully saturated rings. The summed E-state index contributed by atoms with van der Waals surface area (Å²) in [5.41, 5.74) is 15.4. The van der Waals surface area contributed by atoms with Crippen LogP contribution in [-0.4, -0.2) is 55.8 Å². The Labute approximate surface area is 318 Å². The summed E-state index contributed by atoms with van der Waals surface area (Å²) >= 11 is 0. The van der Waals surface area contributed by atoms with E-state index in [1.807, 2.05) is 0 Å². The highest BCUT2D eigenvalue weighted by Gasteiger charge is 2.52. The summed E-state index contributed by atoms with van der Waals surface area (Å²) in [6, 6.07) is 54.7. The van der Waals surface area contributed by atoms with E-state index in [0.717, 1.165) is 26.2 Å². The van der Waals surface area contributed by atoms with E-state index in [4.69, 9.17) is 0 Å². The Morgan fingerprint density at radius 1 is 0.370 bits per heavy atom. The summed E-state index contributed by atoms with van der Waals surface area (Å²) in [5.74, 6) is 0. The highest BCUT2D eigenvalue weighted by Crippen LogP contribution is 2.45. The summed E-state index contributed by atoms with van der Waals surface area (Å²) in [7, 11) is -3.82. The molecule has 0 amide bonds. The molecule has 8 aromatic rings. The molecule has 6 aliphatic heterocycles. The fourth-order valence-electron chi connectivity index (χ4n) is 13.4. The maximum absolute atomic E-state index is 3.73. The number of rotatable bonds is 0. The maximum atomic E-state index is 3.73. The minimum atomic E-state index is -1.91. The standard InChI is InChI=1S/C48H38B2N2Si2/c1-3-11-39-35(9-1)49-37-17-15-29-28-34-32-8-6-14-42-48(32)50(36-10-2-4-12-40(36)54(42)25-21-52-22-26-54)38-18-16-30-27-33(45(37)43(29)44(30)46(34)38)31-7-5-13-41(47(31)49)53(39)23-19-51-20-24-53/h1-18,27-28,51-52H,19-26H2. The second-order valence-electron chi connectivity index (χ2n) is 17.3. The van der Waals surface area contributed by atoms with Gasteiger partial charge in [-0.3, -0.25) is 0 Å². The first-order valence-corrected chi connectivity index (χ1v) is 25.3. The second kappa shape index (κ2) is 10.1. The quantitative estimate of drug-likeness (QED) is 0.186. The summed E-state index contributed by atoms with van der Waals surface area (Å²) in [6.07, 6.45) is 0. The lowest BCUT2D eigenvalue weighted by molar-refractivity contribution is 0.718. The normalized spacial score (nSPS) is 19.0. The summed E-state index contributed by atoms with van der Waals surface area (Å²) in [4.78, 5) is 0. The largest absolute Gasteiger partial charge is 0.317 e. The van der Waals surface area contributed by atoms with Crippen LogP contribution in [0.1, 0.15) is 0 Å². The summed E-state index contributed by atoms with van der Waals surface area (Å²) in [5, 5.41) is 23.1. The minimum absolute atomic E-state index is 0.281. The lowest BCUT2D eigenvalue weighted by Crippen LogP contribution is -2.80. The first-order valence-electron chi connectivity index (χ1n) is 20.4. The van der Waals surface area contributed by atoms with Gasteiger partial charge in [-0.25, -0.2) is 0 Å². The molecule has 14 rings (SSSR count). The number of hydrogen-bond acceptors (Lipinski definition) is 2. The Bertz CT molecular complexity index is 2790. The predicted octanol–water partition coefficient (Wildman–Crippen LogP) is 2.54. The Balaban J connectivity index is 1.11. The van der Waals surface area contributed by atoms with Gasteiger partial charge in [0.1, 0.15) is 16.1 Å². The van der Waals surface area contributed by atoms with Gasteiger partial charge in [-0.2, -0.15) is 0 Å². The average Bonchev–Trinajstić information content (AvgIpc) is 3.24. The Hall–Kier alpha value is -4.72. The maximum Gasteiger partial charge on any atom is 0.242 e. The molecule has 6 heterocycles. The van der Waals surface area contributed by atoms with Gasteiger partial charge < -0.3 is 10.6 Å². The lowest BCUT2D eigenvalue weighted by atomic mass is 9.33. The van der Waals surface area contributed by atoms with Gasteiger partial charge in [-0.1, -0.05) is 163 Å². The lowest BCUT2D eigenvalue weighted by Gasteiger charge is -2.47. The van der Waals surface area contributed by atoms with Crippen LogP contribution in [0.3, 0.4) is 0 Å². The van der Waals surface area contributed by atoms with Gasteiger partial charge in [0.25, 0.3) is 0 Å². The van der Waals surface area contributed by atoms with Gasteiger partial charge in [-0.15, -0.1) is 0 Å². The van der Waals surface area contributed by atoms with E-state index in [9.17, 15) is 0 Å². The topological polar surface area (TPSA) is 24.1 Å². The van der Waals surface area contributed by atoms with E-state index >= 15 is 0 Å². The highest BCUT2D eigenvalue weighted by atomic mass is 28.3. The average molecular weight is 721 g/mol. The summed E-state index contributed by atoms with van der Waals surface area (Å²) < 4.78 is 0. The van der Waals surface area contributed by atoms with Gasteiger partial charge in [0.2, 0.25) is 13.4 Å². The minimum Gasteiger partial charge on any atom is -0.317 e. The molecule has 0 radical (unpaired) electrons. The first kappa shape index (κ1) is 29.6. The third-order valence-electron chi connectivity index (χ3n) is 15.4. The van der Waals surface area contributed by atoms with Crippen LogP contribution < -0.4 is 64.2 Å². The van der Waals surface area contributed by atoms with Crippen LogP contribution >= 0.6 is 0 Å². The third kappa shape index (κ3) is 3.30. The van der Waals surface area contributed by atoms with Crippen LogP contribution in [0.15, 0.2) is 121 Å². The number of fused-ring (bicyclic) bond motifs is 12. The molecule has 0 bridgehead atoms. The number of benzene rings is 8. The van der Waals surface area contributed by atoms with Crippen molar-refractivity contribution in [1.82, 2.24) is 10.6 Å². The van der Waals surface area contributed by atoms with Crippen LogP contribution in [0.4, 0.5) is 0 Å². The Morgan fingerprint density at radius 3 is 1.26 bits per heavy atom. The van der Waals surface area contributed by atoms with Crippen LogP contribution in [0, 0.1) is 0 Å². The van der Waals surface area contributed by atoms with Crippen molar-refractivity contribution in [3.05, 3.63) is 121 Å². The molecule has 0 aromatic heterocycles. The van der Waals surface area contributed by atoms with Crippen molar-refractivity contribution in [2.75, 3.05) is 26.2 Å². The van der Waals surface area contributed by atoms with Crippen LogP contribution in [0.25, 0.3) is 54.6 Å². The fraction of sp³-hybridized carbons (Fsp3) is 0.167. The zero-order chi connectivity index (χ0) is 34.9. The van der Waals surface area contributed by atoms with Crippen molar-refractivity contribution < 1.29 is 0 Å². The molecule has 0 atom stereocenters. The number of nitrogens with one attached hydrogen (secondary N) is 2. The smallest absolute Gasteiger partial charge is 0.242 e. The van der Waals surface area contributed by atoms with Gasteiger partial charge >= 0.3 is 0 Å². The van der Waals surface area contributed by atoms with Gasteiger partial charge in [0, 0.05) is 0 Å². The van der Waals surface area contributed by atoms with Crippen LogP contribution in [0.5, 0.6) is 0 Å². The Kier molecular flexibility index (Phi) is 5.55. The predicted molar refractivity (Wildman–Crippen MR) is 238 cm³/mol. The molecule has 54 heavy (non-hydrogen) atoms. The fourth-order valence-corrected chi connectivity index (χ4v) is 23.9. The van der Waals surface area contributed by atoms with Gasteiger partial charge in [0.15, 0.2) is 0 Å². The van der Waals surface area contributed by atoms with E-state index in [1.54, 1.807) is 42.6 Å². The molecule has 0 unspecified atom stereocenters. The van der Waals surface area contributed by atoms with E-state index < -0.39 is 16.1 Å². The molecule has 2 N–H and O–H groups in total. The van der Waals surface area contributed by atoms with E-state index in [0.29, 0.717) is 0 Å². The summed E-state index contributed by atoms with van der Waals surface area (Å²) in [6.45, 7) is 5.08. The molecule has 254 valence electrons. The monoisotopic (exact) mass is 720 g/mol. The molecular formula is C48H38B2N2Si2.